The molecule has 0 amide bonds. The number of hydrogen-bond donors (Lipinski definition) is 1. The van der Waals surface area contributed by atoms with E-state index in [2.05, 4.69) is 45.4 Å². The van der Waals surface area contributed by atoms with Gasteiger partial charge in [0.25, 0.3) is 0 Å². The third-order valence-electron chi connectivity index (χ3n) is 2.87. The summed E-state index contributed by atoms with van der Waals surface area (Å²) >= 11 is 3.60. The number of nitrogens with one attached hydrogen (secondary N) is 1. The van der Waals surface area contributed by atoms with Gasteiger partial charge in [-0.05, 0) is 30.0 Å². The summed E-state index contributed by atoms with van der Waals surface area (Å²) in [6.45, 7) is 0.910. The smallest absolute Gasteiger partial charge is 0.0326 e. The molecular weight excluding hydrogens is 250 g/mol. The van der Waals surface area contributed by atoms with Crippen LogP contribution in [0.25, 0.3) is 0 Å². The Morgan fingerprint density at radius 3 is 3.20 bits per heavy atom. The van der Waals surface area contributed by atoms with E-state index in [-0.39, 0.29) is 0 Å². The lowest BCUT2D eigenvalue weighted by Crippen LogP contribution is -2.19. The third-order valence-corrected chi connectivity index (χ3v) is 3.62. The van der Waals surface area contributed by atoms with Gasteiger partial charge in [0.2, 0.25) is 0 Å². The standard InChI is InChI=1S/C13H14BrN/c1-2-3-9-15-13-8-7-10-11(13)5-4-6-12(10)14/h1,4-6,13,15H,3,7-9H2. The van der Waals surface area contributed by atoms with Crippen LogP contribution < -0.4 is 5.32 Å². The number of terminal acetylenes is 1. The molecule has 0 fully saturated rings. The minimum Gasteiger partial charge on any atom is -0.309 e. The summed E-state index contributed by atoms with van der Waals surface area (Å²) < 4.78 is 1.24. The Hall–Kier alpha value is -0.780. The largest absolute Gasteiger partial charge is 0.309 e. The van der Waals surface area contributed by atoms with E-state index in [0.717, 1.165) is 19.4 Å². The topological polar surface area (TPSA) is 12.0 Å². The van der Waals surface area contributed by atoms with E-state index >= 15 is 0 Å². The van der Waals surface area contributed by atoms with E-state index in [1.54, 1.807) is 0 Å². The number of hydrogen-bond acceptors (Lipinski definition) is 1. The molecule has 1 aromatic rings. The summed E-state index contributed by atoms with van der Waals surface area (Å²) in [6, 6.07) is 6.92. The highest BCUT2D eigenvalue weighted by Crippen LogP contribution is 2.35. The van der Waals surface area contributed by atoms with Crippen LogP contribution in [-0.2, 0) is 6.42 Å². The molecule has 1 unspecified atom stereocenters. The molecule has 2 rings (SSSR count). The quantitative estimate of drug-likeness (QED) is 0.653. The van der Waals surface area contributed by atoms with Crippen molar-refractivity contribution in [3.63, 3.8) is 0 Å². The first-order valence-electron chi connectivity index (χ1n) is 5.27. The van der Waals surface area contributed by atoms with Gasteiger partial charge in [-0.2, -0.15) is 0 Å². The number of halogens is 1. The Labute approximate surface area is 99.4 Å². The molecule has 15 heavy (non-hydrogen) atoms. The van der Waals surface area contributed by atoms with Crippen molar-refractivity contribution in [3.8, 4) is 12.3 Å². The number of benzene rings is 1. The highest BCUT2D eigenvalue weighted by Gasteiger charge is 2.22. The van der Waals surface area contributed by atoms with Crippen molar-refractivity contribution >= 4 is 15.9 Å². The zero-order valence-electron chi connectivity index (χ0n) is 8.59. The molecule has 1 aromatic carbocycles. The fourth-order valence-electron chi connectivity index (χ4n) is 2.14. The summed E-state index contributed by atoms with van der Waals surface area (Å²) in [7, 11) is 0. The normalized spacial score (nSPS) is 18.5. The predicted octanol–water partition coefficient (Wildman–Crippen LogP) is 3.05. The van der Waals surface area contributed by atoms with E-state index < -0.39 is 0 Å². The second-order valence-electron chi connectivity index (χ2n) is 3.81. The molecular formula is C13H14BrN. The van der Waals surface area contributed by atoms with E-state index in [4.69, 9.17) is 6.42 Å². The van der Waals surface area contributed by atoms with Gasteiger partial charge < -0.3 is 5.32 Å². The molecule has 0 aliphatic heterocycles. The molecule has 1 nitrogen and oxygen atoms in total. The summed E-state index contributed by atoms with van der Waals surface area (Å²) in [5.41, 5.74) is 2.89. The van der Waals surface area contributed by atoms with Crippen LogP contribution in [-0.4, -0.2) is 6.54 Å². The average Bonchev–Trinajstić information content (AvgIpc) is 2.64. The van der Waals surface area contributed by atoms with Crippen LogP contribution in [0.5, 0.6) is 0 Å². The van der Waals surface area contributed by atoms with E-state index in [9.17, 15) is 0 Å². The predicted molar refractivity (Wildman–Crippen MR) is 66.7 cm³/mol. The zero-order valence-corrected chi connectivity index (χ0v) is 10.2. The Bertz CT molecular complexity index is 392. The van der Waals surface area contributed by atoms with Crippen molar-refractivity contribution < 1.29 is 0 Å². The fourth-order valence-corrected chi connectivity index (χ4v) is 2.72. The van der Waals surface area contributed by atoms with Crippen molar-refractivity contribution in [1.82, 2.24) is 5.32 Å². The lowest BCUT2D eigenvalue weighted by molar-refractivity contribution is 0.539. The van der Waals surface area contributed by atoms with Gasteiger partial charge >= 0.3 is 0 Å². The third kappa shape index (κ3) is 2.25. The summed E-state index contributed by atoms with van der Waals surface area (Å²) in [5, 5.41) is 3.50. The Morgan fingerprint density at radius 2 is 2.40 bits per heavy atom. The minimum absolute atomic E-state index is 0.492. The maximum Gasteiger partial charge on any atom is 0.0326 e. The van der Waals surface area contributed by atoms with Crippen molar-refractivity contribution in [2.24, 2.45) is 0 Å². The van der Waals surface area contributed by atoms with Crippen LogP contribution in [0.15, 0.2) is 22.7 Å². The highest BCUT2D eigenvalue weighted by molar-refractivity contribution is 9.10. The van der Waals surface area contributed by atoms with E-state index in [0.29, 0.717) is 6.04 Å². The van der Waals surface area contributed by atoms with Gasteiger partial charge in [0.15, 0.2) is 0 Å². The molecule has 1 aliphatic rings. The Kier molecular flexibility index (Phi) is 3.45. The summed E-state index contributed by atoms with van der Waals surface area (Å²) in [6.07, 6.45) is 8.38. The van der Waals surface area contributed by atoms with Crippen LogP contribution in [0.3, 0.4) is 0 Å². The van der Waals surface area contributed by atoms with Gasteiger partial charge in [-0.3, -0.25) is 0 Å². The molecule has 0 saturated carbocycles. The van der Waals surface area contributed by atoms with Crippen LogP contribution in [0, 0.1) is 12.3 Å². The van der Waals surface area contributed by atoms with Crippen molar-refractivity contribution in [3.05, 3.63) is 33.8 Å². The molecule has 0 saturated heterocycles. The highest BCUT2D eigenvalue weighted by atomic mass is 79.9. The average molecular weight is 264 g/mol. The monoisotopic (exact) mass is 263 g/mol. The van der Waals surface area contributed by atoms with E-state index in [1.807, 2.05) is 0 Å². The first-order chi connectivity index (χ1) is 7.33. The lowest BCUT2D eigenvalue weighted by atomic mass is 10.1. The maximum atomic E-state index is 5.23. The Balaban J connectivity index is 2.09. The molecule has 0 radical (unpaired) electrons. The molecule has 1 N–H and O–H groups in total. The molecule has 0 spiro atoms. The second kappa shape index (κ2) is 4.83. The van der Waals surface area contributed by atoms with Crippen molar-refractivity contribution in [2.75, 3.05) is 6.54 Å². The first kappa shape index (κ1) is 10.7. The molecule has 0 heterocycles. The van der Waals surface area contributed by atoms with Gasteiger partial charge in [0, 0.05) is 23.5 Å². The molecule has 0 bridgehead atoms. The lowest BCUT2D eigenvalue weighted by Gasteiger charge is -2.13. The SMILES string of the molecule is C#CCCNC1CCc2c(Br)cccc21. The summed E-state index contributed by atoms with van der Waals surface area (Å²) in [4.78, 5) is 0. The van der Waals surface area contributed by atoms with Crippen LogP contribution in [0.2, 0.25) is 0 Å². The van der Waals surface area contributed by atoms with Gasteiger partial charge in [0.1, 0.15) is 0 Å². The Morgan fingerprint density at radius 1 is 1.53 bits per heavy atom. The van der Waals surface area contributed by atoms with Crippen molar-refractivity contribution in [2.45, 2.75) is 25.3 Å². The minimum atomic E-state index is 0.492. The fraction of sp³-hybridized carbons (Fsp3) is 0.385. The van der Waals surface area contributed by atoms with E-state index in [1.165, 1.54) is 22.0 Å². The van der Waals surface area contributed by atoms with Gasteiger partial charge in [0.05, 0.1) is 0 Å². The molecule has 0 aromatic heterocycles. The van der Waals surface area contributed by atoms with Crippen LogP contribution in [0.4, 0.5) is 0 Å². The molecule has 78 valence electrons. The number of rotatable bonds is 3. The van der Waals surface area contributed by atoms with Crippen molar-refractivity contribution in [1.29, 1.82) is 0 Å². The molecule has 2 heteroatoms. The van der Waals surface area contributed by atoms with Gasteiger partial charge in [-0.15, -0.1) is 12.3 Å². The molecule has 1 atom stereocenters. The van der Waals surface area contributed by atoms with Gasteiger partial charge in [-0.25, -0.2) is 0 Å². The first-order valence-corrected chi connectivity index (χ1v) is 6.06. The maximum absolute atomic E-state index is 5.23. The molecule has 1 aliphatic carbocycles. The summed E-state index contributed by atoms with van der Waals surface area (Å²) in [5.74, 6) is 2.66. The van der Waals surface area contributed by atoms with Crippen LogP contribution in [0.1, 0.15) is 30.0 Å². The van der Waals surface area contributed by atoms with Crippen LogP contribution >= 0.6 is 15.9 Å². The van der Waals surface area contributed by atoms with Gasteiger partial charge in [-0.1, -0.05) is 28.1 Å². The second-order valence-corrected chi connectivity index (χ2v) is 4.66. The number of fused-ring (bicyclic) bond motifs is 1. The zero-order chi connectivity index (χ0) is 10.7.